The Morgan fingerprint density at radius 3 is 2.31 bits per heavy atom. The Morgan fingerprint density at radius 1 is 1.00 bits per heavy atom. The first-order valence-electron chi connectivity index (χ1n) is 12.2. The molecule has 35 heavy (non-hydrogen) atoms. The van der Waals surface area contributed by atoms with Gasteiger partial charge in [0.2, 0.25) is 5.91 Å². The Labute approximate surface area is 213 Å². The lowest BCUT2D eigenvalue weighted by Crippen LogP contribution is -2.37. The molecule has 0 spiro atoms. The molecule has 0 aliphatic carbocycles. The molecule has 1 heterocycles. The average Bonchev–Trinajstić information content (AvgIpc) is 2.80. The number of rotatable bonds is 9. The summed E-state index contributed by atoms with van der Waals surface area (Å²) >= 11 is 1.49. The number of hydrogen-bond donors (Lipinski definition) is 1. The first kappa shape index (κ1) is 27.1. The van der Waals surface area contributed by atoms with Crippen LogP contribution in [-0.4, -0.2) is 55.1 Å². The zero-order valence-corrected chi connectivity index (χ0v) is 22.4. The second kappa shape index (κ2) is 12.0. The predicted octanol–water partition coefficient (Wildman–Crippen LogP) is 4.64. The second-order valence-corrected chi connectivity index (χ2v) is 12.0. The first-order valence-corrected chi connectivity index (χ1v) is 13.0. The summed E-state index contributed by atoms with van der Waals surface area (Å²) in [5.74, 6) is -0.200. The highest BCUT2D eigenvalue weighted by Gasteiger charge is 2.33. The third-order valence-electron chi connectivity index (χ3n) is 5.62. The van der Waals surface area contributed by atoms with Crippen LogP contribution in [0.1, 0.15) is 45.7 Å². The number of ether oxygens (including phenoxy) is 2. The van der Waals surface area contributed by atoms with Gasteiger partial charge < -0.3 is 19.7 Å². The maximum atomic E-state index is 12.6. The molecule has 1 saturated heterocycles. The van der Waals surface area contributed by atoms with Gasteiger partial charge in [-0.2, -0.15) is 0 Å². The monoisotopic (exact) mass is 498 g/mol. The van der Waals surface area contributed by atoms with E-state index in [2.05, 4.69) is 16.3 Å². The molecule has 2 aromatic rings. The number of nitrogens with zero attached hydrogens (tertiary/aromatic N) is 1. The summed E-state index contributed by atoms with van der Waals surface area (Å²) in [7, 11) is 0. The minimum atomic E-state index is -0.680. The minimum Gasteiger partial charge on any atom is -0.459 e. The molecule has 1 fully saturated rings. The molecule has 0 saturated carbocycles. The van der Waals surface area contributed by atoms with Crippen molar-refractivity contribution >= 4 is 29.3 Å². The predicted molar refractivity (Wildman–Crippen MR) is 142 cm³/mol. The molecule has 0 bridgehead atoms. The van der Waals surface area contributed by atoms with E-state index in [9.17, 15) is 9.59 Å². The van der Waals surface area contributed by atoms with E-state index in [1.807, 2.05) is 77.1 Å². The van der Waals surface area contributed by atoms with Gasteiger partial charge in [-0.25, -0.2) is 0 Å². The van der Waals surface area contributed by atoms with E-state index < -0.39 is 10.3 Å². The summed E-state index contributed by atoms with van der Waals surface area (Å²) in [4.78, 5) is 28.4. The molecule has 2 aromatic carbocycles. The molecule has 3 rings (SSSR count). The van der Waals surface area contributed by atoms with Crippen LogP contribution >= 0.6 is 11.8 Å². The van der Waals surface area contributed by atoms with Crippen molar-refractivity contribution in [3.05, 3.63) is 59.7 Å². The highest BCUT2D eigenvalue weighted by Crippen LogP contribution is 2.34. The molecule has 190 valence electrons. The van der Waals surface area contributed by atoms with Crippen LogP contribution in [0.25, 0.3) is 0 Å². The lowest BCUT2D eigenvalue weighted by Gasteiger charge is -2.30. The Bertz CT molecular complexity index is 993. The van der Waals surface area contributed by atoms with Crippen LogP contribution in [0.5, 0.6) is 0 Å². The van der Waals surface area contributed by atoms with Gasteiger partial charge in [-0.1, -0.05) is 30.3 Å². The summed E-state index contributed by atoms with van der Waals surface area (Å²) in [5.41, 5.74) is 2.79. The SMILES string of the molecule is CC(C)(C)OC(=O)C(C)(C)Sc1ccc(CCNC(=O)Cc2ccccc2N2CCOCC2)cc1. The molecular weight excluding hydrogens is 460 g/mol. The van der Waals surface area contributed by atoms with Gasteiger partial charge in [0.25, 0.3) is 0 Å². The summed E-state index contributed by atoms with van der Waals surface area (Å²) in [5, 5.41) is 3.05. The highest BCUT2D eigenvalue weighted by atomic mass is 32.2. The van der Waals surface area contributed by atoms with E-state index in [-0.39, 0.29) is 11.9 Å². The van der Waals surface area contributed by atoms with Crippen LogP contribution < -0.4 is 10.2 Å². The Morgan fingerprint density at radius 2 is 1.66 bits per heavy atom. The number of morpholine rings is 1. The number of carbonyl (C=O) groups excluding carboxylic acids is 2. The third-order valence-corrected chi connectivity index (χ3v) is 6.80. The third kappa shape index (κ3) is 8.58. The number of benzene rings is 2. The largest absolute Gasteiger partial charge is 0.459 e. The Balaban J connectivity index is 1.47. The summed E-state index contributed by atoms with van der Waals surface area (Å²) in [6.45, 7) is 13.1. The van der Waals surface area contributed by atoms with Crippen LogP contribution in [-0.2, 0) is 31.9 Å². The van der Waals surface area contributed by atoms with Crippen molar-refractivity contribution in [2.45, 2.75) is 62.7 Å². The quantitative estimate of drug-likeness (QED) is 0.401. The van der Waals surface area contributed by atoms with Gasteiger partial charge in [0.15, 0.2) is 0 Å². The summed E-state index contributed by atoms with van der Waals surface area (Å²) < 4.78 is 10.3. The van der Waals surface area contributed by atoms with E-state index >= 15 is 0 Å². The zero-order chi connectivity index (χ0) is 25.5. The van der Waals surface area contributed by atoms with Gasteiger partial charge in [0.05, 0.1) is 19.6 Å². The standard InChI is InChI=1S/C28H38N2O4S/c1-27(2,3)34-26(32)28(4,5)35-23-12-10-21(11-13-23)14-15-29-25(31)20-22-8-6-7-9-24(22)30-16-18-33-19-17-30/h6-13H,14-20H2,1-5H3,(H,29,31). The maximum Gasteiger partial charge on any atom is 0.322 e. The smallest absolute Gasteiger partial charge is 0.322 e. The molecule has 1 N–H and O–H groups in total. The number of para-hydroxylation sites is 1. The lowest BCUT2D eigenvalue weighted by atomic mass is 10.1. The molecule has 0 unspecified atom stereocenters. The summed E-state index contributed by atoms with van der Waals surface area (Å²) in [6.07, 6.45) is 1.11. The van der Waals surface area contributed by atoms with E-state index in [1.165, 1.54) is 11.8 Å². The molecule has 0 radical (unpaired) electrons. The lowest BCUT2D eigenvalue weighted by molar-refractivity contribution is -0.156. The average molecular weight is 499 g/mol. The van der Waals surface area contributed by atoms with Crippen molar-refractivity contribution < 1.29 is 19.1 Å². The zero-order valence-electron chi connectivity index (χ0n) is 21.6. The molecule has 1 aliphatic heterocycles. The first-order chi connectivity index (χ1) is 16.5. The van der Waals surface area contributed by atoms with Gasteiger partial charge in [0.1, 0.15) is 10.3 Å². The van der Waals surface area contributed by atoms with Gasteiger partial charge >= 0.3 is 5.97 Å². The number of esters is 1. The normalized spacial score (nSPS) is 14.5. The number of nitrogens with one attached hydrogen (secondary N) is 1. The van der Waals surface area contributed by atoms with Crippen molar-refractivity contribution in [3.8, 4) is 0 Å². The number of amides is 1. The Kier molecular flexibility index (Phi) is 9.25. The van der Waals surface area contributed by atoms with Crippen LogP contribution in [0.15, 0.2) is 53.4 Å². The minimum absolute atomic E-state index is 0.0250. The van der Waals surface area contributed by atoms with Gasteiger partial charge in [-0.15, -0.1) is 11.8 Å². The van der Waals surface area contributed by atoms with Crippen molar-refractivity contribution in [1.82, 2.24) is 5.32 Å². The fraction of sp³-hybridized carbons (Fsp3) is 0.500. The van der Waals surface area contributed by atoms with E-state index in [0.717, 1.165) is 54.4 Å². The van der Waals surface area contributed by atoms with Crippen LogP contribution in [0.2, 0.25) is 0 Å². The molecule has 7 heteroatoms. The summed E-state index contributed by atoms with van der Waals surface area (Å²) in [6, 6.07) is 16.2. The van der Waals surface area contributed by atoms with E-state index in [4.69, 9.17) is 9.47 Å². The maximum absolute atomic E-state index is 12.6. The highest BCUT2D eigenvalue weighted by molar-refractivity contribution is 8.01. The van der Waals surface area contributed by atoms with Gasteiger partial charge in [-0.05, 0) is 70.4 Å². The molecular formula is C28H38N2O4S. The van der Waals surface area contributed by atoms with Crippen molar-refractivity contribution in [3.63, 3.8) is 0 Å². The van der Waals surface area contributed by atoms with Crippen LogP contribution in [0.4, 0.5) is 5.69 Å². The van der Waals surface area contributed by atoms with Crippen LogP contribution in [0.3, 0.4) is 0 Å². The Hall–Kier alpha value is -2.51. The number of thioether (sulfide) groups is 1. The van der Waals surface area contributed by atoms with Gasteiger partial charge in [0, 0.05) is 30.2 Å². The number of carbonyl (C=O) groups is 2. The topological polar surface area (TPSA) is 67.9 Å². The van der Waals surface area contributed by atoms with Crippen molar-refractivity contribution in [2.75, 3.05) is 37.7 Å². The molecule has 1 aliphatic rings. The number of hydrogen-bond acceptors (Lipinski definition) is 6. The molecule has 0 aromatic heterocycles. The van der Waals surface area contributed by atoms with Crippen molar-refractivity contribution in [1.29, 1.82) is 0 Å². The van der Waals surface area contributed by atoms with E-state index in [0.29, 0.717) is 13.0 Å². The molecule has 0 atom stereocenters. The number of anilines is 1. The van der Waals surface area contributed by atoms with Crippen LogP contribution in [0, 0.1) is 0 Å². The molecule has 1 amide bonds. The van der Waals surface area contributed by atoms with E-state index in [1.54, 1.807) is 0 Å². The second-order valence-electron chi connectivity index (χ2n) is 10.3. The fourth-order valence-electron chi connectivity index (χ4n) is 3.82. The molecule has 6 nitrogen and oxygen atoms in total. The van der Waals surface area contributed by atoms with Crippen molar-refractivity contribution in [2.24, 2.45) is 0 Å². The fourth-order valence-corrected chi connectivity index (χ4v) is 4.80. The van der Waals surface area contributed by atoms with Gasteiger partial charge in [-0.3, -0.25) is 9.59 Å².